The number of methoxy groups -OCH3 is 3. The van der Waals surface area contributed by atoms with E-state index in [-0.39, 0.29) is 4.90 Å². The van der Waals surface area contributed by atoms with Crippen LogP contribution in [0.5, 0.6) is 17.2 Å². The minimum absolute atomic E-state index is 0.0719. The maximum absolute atomic E-state index is 13.5. The van der Waals surface area contributed by atoms with E-state index in [2.05, 4.69) is 5.32 Å². The minimum Gasteiger partial charge on any atom is -0.497 e. The predicted molar refractivity (Wildman–Crippen MR) is 127 cm³/mol. The highest BCUT2D eigenvalue weighted by molar-refractivity contribution is 7.92. The zero-order valence-electron chi connectivity index (χ0n) is 18.9. The number of anilines is 2. The first-order valence-electron chi connectivity index (χ1n) is 10.0. The molecule has 3 rings (SSSR count). The van der Waals surface area contributed by atoms with Crippen LogP contribution in [-0.4, -0.2) is 42.2 Å². The van der Waals surface area contributed by atoms with E-state index in [1.807, 2.05) is 6.92 Å². The van der Waals surface area contributed by atoms with Crippen molar-refractivity contribution in [3.63, 3.8) is 0 Å². The number of aryl methyl sites for hydroxylation is 1. The number of sulfonamides is 1. The number of amides is 1. The Bertz CT molecular complexity index is 1230. The zero-order valence-corrected chi connectivity index (χ0v) is 19.7. The molecule has 33 heavy (non-hydrogen) atoms. The van der Waals surface area contributed by atoms with Gasteiger partial charge < -0.3 is 19.5 Å². The Labute approximate surface area is 193 Å². The summed E-state index contributed by atoms with van der Waals surface area (Å²) in [5.74, 6) is 0.841. The van der Waals surface area contributed by atoms with Gasteiger partial charge >= 0.3 is 0 Å². The van der Waals surface area contributed by atoms with Gasteiger partial charge in [-0.2, -0.15) is 0 Å². The van der Waals surface area contributed by atoms with Gasteiger partial charge in [-0.3, -0.25) is 9.10 Å². The van der Waals surface area contributed by atoms with Gasteiger partial charge in [0, 0.05) is 12.1 Å². The average molecular weight is 471 g/mol. The van der Waals surface area contributed by atoms with E-state index in [0.29, 0.717) is 28.6 Å². The molecule has 0 fully saturated rings. The van der Waals surface area contributed by atoms with Crippen molar-refractivity contribution in [1.29, 1.82) is 0 Å². The first kappa shape index (κ1) is 23.9. The summed E-state index contributed by atoms with van der Waals surface area (Å²) < 4.78 is 43.8. The zero-order chi connectivity index (χ0) is 24.0. The number of hydrogen-bond acceptors (Lipinski definition) is 6. The second-order valence-electron chi connectivity index (χ2n) is 7.14. The van der Waals surface area contributed by atoms with Crippen molar-refractivity contribution < 1.29 is 27.4 Å². The van der Waals surface area contributed by atoms with Crippen molar-refractivity contribution in [2.75, 3.05) is 37.5 Å². The lowest BCUT2D eigenvalue weighted by atomic mass is 10.2. The van der Waals surface area contributed by atoms with Gasteiger partial charge in [-0.05, 0) is 43.3 Å². The first-order chi connectivity index (χ1) is 15.8. The molecule has 1 amide bonds. The first-order valence-corrected chi connectivity index (χ1v) is 11.5. The molecule has 0 aromatic heterocycles. The van der Waals surface area contributed by atoms with E-state index in [0.717, 1.165) is 9.87 Å². The van der Waals surface area contributed by atoms with Crippen LogP contribution in [0.15, 0.2) is 71.6 Å². The van der Waals surface area contributed by atoms with Crippen LogP contribution in [0.1, 0.15) is 5.56 Å². The van der Waals surface area contributed by atoms with Crippen LogP contribution in [-0.2, 0) is 14.8 Å². The second-order valence-corrected chi connectivity index (χ2v) is 9.00. The van der Waals surface area contributed by atoms with Crippen LogP contribution in [0.2, 0.25) is 0 Å². The van der Waals surface area contributed by atoms with Crippen molar-refractivity contribution in [2.45, 2.75) is 11.8 Å². The van der Waals surface area contributed by atoms with Gasteiger partial charge in [0.05, 0.1) is 37.6 Å². The van der Waals surface area contributed by atoms with Gasteiger partial charge in [-0.25, -0.2) is 8.42 Å². The fourth-order valence-electron chi connectivity index (χ4n) is 3.15. The molecule has 3 aromatic carbocycles. The lowest BCUT2D eigenvalue weighted by Crippen LogP contribution is -2.38. The van der Waals surface area contributed by atoms with Crippen molar-refractivity contribution in [2.24, 2.45) is 0 Å². The Morgan fingerprint density at radius 1 is 0.879 bits per heavy atom. The third-order valence-electron chi connectivity index (χ3n) is 4.92. The highest BCUT2D eigenvalue weighted by atomic mass is 32.2. The lowest BCUT2D eigenvalue weighted by Gasteiger charge is -2.24. The number of carbonyl (C=O) groups is 1. The molecule has 0 aliphatic rings. The quantitative estimate of drug-likeness (QED) is 0.511. The molecule has 0 aliphatic carbocycles. The molecule has 0 radical (unpaired) electrons. The molecule has 0 unspecified atom stereocenters. The Hall–Kier alpha value is -3.72. The molecule has 174 valence electrons. The van der Waals surface area contributed by atoms with Crippen LogP contribution >= 0.6 is 0 Å². The Morgan fingerprint density at radius 3 is 2.18 bits per heavy atom. The summed E-state index contributed by atoms with van der Waals surface area (Å²) in [6.07, 6.45) is 0. The molecule has 0 bridgehead atoms. The standard InChI is InChI=1S/C24H26N2O6S/c1-17-8-11-21(12-9-17)33(28,29)26(18-6-5-7-19(14-18)30-2)16-24(27)25-22-15-20(31-3)10-13-23(22)32-4/h5-15H,16H2,1-4H3,(H,25,27). The molecular formula is C24H26N2O6S. The molecule has 3 aromatic rings. The summed E-state index contributed by atoms with van der Waals surface area (Å²) in [5.41, 5.74) is 1.58. The van der Waals surface area contributed by atoms with Gasteiger partial charge in [0.15, 0.2) is 0 Å². The topological polar surface area (TPSA) is 94.2 Å². The number of nitrogens with zero attached hydrogens (tertiary/aromatic N) is 1. The van der Waals surface area contributed by atoms with E-state index in [9.17, 15) is 13.2 Å². The minimum atomic E-state index is -4.05. The fourth-order valence-corrected chi connectivity index (χ4v) is 4.56. The van der Waals surface area contributed by atoms with Gasteiger partial charge in [0.2, 0.25) is 5.91 Å². The second kappa shape index (κ2) is 10.3. The highest BCUT2D eigenvalue weighted by Crippen LogP contribution is 2.30. The lowest BCUT2D eigenvalue weighted by molar-refractivity contribution is -0.114. The summed E-state index contributed by atoms with van der Waals surface area (Å²) in [6.45, 7) is 1.40. The third kappa shape index (κ3) is 5.56. The van der Waals surface area contributed by atoms with Crippen molar-refractivity contribution in [3.8, 4) is 17.2 Å². The highest BCUT2D eigenvalue weighted by Gasteiger charge is 2.28. The van der Waals surface area contributed by atoms with E-state index in [1.165, 1.54) is 33.5 Å². The molecule has 0 aliphatic heterocycles. The molecule has 0 atom stereocenters. The van der Waals surface area contributed by atoms with Crippen LogP contribution in [0, 0.1) is 6.92 Å². The van der Waals surface area contributed by atoms with Gasteiger partial charge in [-0.15, -0.1) is 0 Å². The largest absolute Gasteiger partial charge is 0.497 e. The number of rotatable bonds is 9. The third-order valence-corrected chi connectivity index (χ3v) is 6.71. The average Bonchev–Trinajstić information content (AvgIpc) is 2.82. The molecule has 0 saturated heterocycles. The van der Waals surface area contributed by atoms with E-state index in [1.54, 1.807) is 54.6 Å². The molecule has 0 saturated carbocycles. The molecular weight excluding hydrogens is 444 g/mol. The smallest absolute Gasteiger partial charge is 0.264 e. The number of benzene rings is 3. The van der Waals surface area contributed by atoms with E-state index in [4.69, 9.17) is 14.2 Å². The Morgan fingerprint density at radius 2 is 1.55 bits per heavy atom. The molecule has 0 spiro atoms. The van der Waals surface area contributed by atoms with Crippen molar-refractivity contribution >= 4 is 27.3 Å². The van der Waals surface area contributed by atoms with Gasteiger partial charge in [0.25, 0.3) is 10.0 Å². The summed E-state index contributed by atoms with van der Waals surface area (Å²) in [4.78, 5) is 13.1. The van der Waals surface area contributed by atoms with Crippen LogP contribution < -0.4 is 23.8 Å². The van der Waals surface area contributed by atoms with Crippen LogP contribution in [0.4, 0.5) is 11.4 Å². The molecule has 8 nitrogen and oxygen atoms in total. The van der Waals surface area contributed by atoms with Crippen molar-refractivity contribution in [1.82, 2.24) is 0 Å². The maximum atomic E-state index is 13.5. The van der Waals surface area contributed by atoms with Crippen LogP contribution in [0.25, 0.3) is 0 Å². The maximum Gasteiger partial charge on any atom is 0.264 e. The molecule has 1 N–H and O–H groups in total. The number of ether oxygens (including phenoxy) is 3. The Kier molecular flexibility index (Phi) is 7.44. The summed E-state index contributed by atoms with van der Waals surface area (Å²) in [6, 6.07) is 17.9. The molecule has 0 heterocycles. The van der Waals surface area contributed by atoms with Gasteiger partial charge in [-0.1, -0.05) is 23.8 Å². The number of hydrogen-bond donors (Lipinski definition) is 1. The fraction of sp³-hybridized carbons (Fsp3) is 0.208. The summed E-state index contributed by atoms with van der Waals surface area (Å²) in [5, 5.41) is 2.72. The van der Waals surface area contributed by atoms with Crippen molar-refractivity contribution in [3.05, 3.63) is 72.3 Å². The Balaban J connectivity index is 1.98. The number of nitrogens with one attached hydrogen (secondary N) is 1. The van der Waals surface area contributed by atoms with E-state index < -0.39 is 22.5 Å². The summed E-state index contributed by atoms with van der Waals surface area (Å²) >= 11 is 0. The van der Waals surface area contributed by atoms with E-state index >= 15 is 0 Å². The number of carbonyl (C=O) groups excluding carboxylic acids is 1. The monoisotopic (exact) mass is 470 g/mol. The normalized spacial score (nSPS) is 10.9. The van der Waals surface area contributed by atoms with Gasteiger partial charge in [0.1, 0.15) is 23.8 Å². The van der Waals surface area contributed by atoms with Crippen LogP contribution in [0.3, 0.4) is 0 Å². The molecule has 9 heteroatoms. The predicted octanol–water partition coefficient (Wildman–Crippen LogP) is 3.85. The SMILES string of the molecule is COc1cccc(N(CC(=O)Nc2cc(OC)ccc2OC)S(=O)(=O)c2ccc(C)cc2)c1. The summed E-state index contributed by atoms with van der Waals surface area (Å²) in [7, 11) is 0.415.